The van der Waals surface area contributed by atoms with E-state index >= 15 is 0 Å². The molecule has 12 heteroatoms. The fourth-order valence-electron chi connectivity index (χ4n) is 1.99. The maximum Gasteiger partial charge on any atom is 0.573 e. The van der Waals surface area contributed by atoms with Gasteiger partial charge in [0.25, 0.3) is 5.82 Å². The number of alkyl halides is 6. The summed E-state index contributed by atoms with van der Waals surface area (Å²) < 4.78 is 79.3. The van der Waals surface area contributed by atoms with Crippen LogP contribution in [0.3, 0.4) is 0 Å². The van der Waals surface area contributed by atoms with Gasteiger partial charge in [0.05, 0.1) is 10.7 Å². The van der Waals surface area contributed by atoms with E-state index in [0.29, 0.717) is 4.52 Å². The van der Waals surface area contributed by atoms with Crippen molar-refractivity contribution in [1.29, 1.82) is 0 Å². The van der Waals surface area contributed by atoms with Gasteiger partial charge in [-0.2, -0.15) is 22.8 Å². The molecule has 0 saturated carbocycles. The Morgan fingerprint density at radius 1 is 0.960 bits per heavy atom. The van der Waals surface area contributed by atoms with E-state index in [1.165, 1.54) is 18.2 Å². The number of nitrogens with zero attached hydrogens (tertiary/aromatic N) is 4. The molecule has 0 aliphatic heterocycles. The molecule has 1 aromatic carbocycles. The van der Waals surface area contributed by atoms with E-state index in [-0.39, 0.29) is 21.9 Å². The van der Waals surface area contributed by atoms with Gasteiger partial charge in [0.2, 0.25) is 0 Å². The molecule has 25 heavy (non-hydrogen) atoms. The molecule has 0 aliphatic carbocycles. The average Bonchev–Trinajstić information content (AvgIpc) is 2.91. The van der Waals surface area contributed by atoms with Crippen molar-refractivity contribution in [2.75, 3.05) is 0 Å². The highest BCUT2D eigenvalue weighted by Crippen LogP contribution is 2.31. The highest BCUT2D eigenvalue weighted by Gasteiger charge is 2.38. The van der Waals surface area contributed by atoms with Gasteiger partial charge < -0.3 is 4.74 Å². The van der Waals surface area contributed by atoms with Gasteiger partial charge in [0, 0.05) is 5.56 Å². The lowest BCUT2D eigenvalue weighted by Gasteiger charge is -2.09. The van der Waals surface area contributed by atoms with Crippen molar-refractivity contribution in [2.45, 2.75) is 12.5 Å². The van der Waals surface area contributed by atoms with Crippen molar-refractivity contribution in [1.82, 2.24) is 19.8 Å². The third-order valence-electron chi connectivity index (χ3n) is 2.96. The molecular formula is C13H5ClF6N4O. The van der Waals surface area contributed by atoms with Gasteiger partial charge in [0.15, 0.2) is 5.65 Å². The lowest BCUT2D eigenvalue weighted by molar-refractivity contribution is -0.274. The summed E-state index contributed by atoms with van der Waals surface area (Å²) in [5, 5.41) is 9.95. The number of halogens is 7. The Kier molecular flexibility index (Phi) is 3.98. The third kappa shape index (κ3) is 3.60. The van der Waals surface area contributed by atoms with Crippen LogP contribution in [0.4, 0.5) is 26.3 Å². The molecular weight excluding hydrogens is 378 g/mol. The Morgan fingerprint density at radius 2 is 1.60 bits per heavy atom. The van der Waals surface area contributed by atoms with Crippen molar-refractivity contribution in [3.63, 3.8) is 0 Å². The van der Waals surface area contributed by atoms with Gasteiger partial charge in [-0.05, 0) is 30.3 Å². The molecule has 0 amide bonds. The predicted octanol–water partition coefficient (Wildman–Crippen LogP) is 4.36. The lowest BCUT2D eigenvalue weighted by Crippen LogP contribution is -2.17. The van der Waals surface area contributed by atoms with Crippen LogP contribution in [0.25, 0.3) is 16.9 Å². The maximum atomic E-state index is 12.9. The quantitative estimate of drug-likeness (QED) is 0.618. The Balaban J connectivity index is 2.04. The lowest BCUT2D eigenvalue weighted by atomic mass is 10.1. The molecule has 5 nitrogen and oxygen atoms in total. The Hall–Kier alpha value is -2.56. The summed E-state index contributed by atoms with van der Waals surface area (Å²) in [5.41, 5.74) is -0.0868. The molecule has 0 radical (unpaired) electrons. The zero-order valence-electron chi connectivity index (χ0n) is 11.7. The normalized spacial score (nSPS) is 12.6. The molecule has 0 bridgehead atoms. The van der Waals surface area contributed by atoms with Crippen LogP contribution in [0.1, 0.15) is 5.82 Å². The first-order valence-electron chi connectivity index (χ1n) is 6.40. The van der Waals surface area contributed by atoms with E-state index in [0.717, 1.165) is 12.1 Å². The van der Waals surface area contributed by atoms with Crippen LogP contribution < -0.4 is 4.74 Å². The van der Waals surface area contributed by atoms with Crippen molar-refractivity contribution < 1.29 is 31.1 Å². The number of hydrogen-bond donors (Lipinski definition) is 0. The van der Waals surface area contributed by atoms with E-state index in [1.807, 2.05) is 0 Å². The van der Waals surface area contributed by atoms with E-state index in [4.69, 9.17) is 11.6 Å². The predicted molar refractivity (Wildman–Crippen MR) is 72.9 cm³/mol. The van der Waals surface area contributed by atoms with Crippen LogP contribution in [-0.2, 0) is 6.18 Å². The molecule has 0 atom stereocenters. The number of ether oxygens (including phenoxy) is 1. The van der Waals surface area contributed by atoms with Crippen molar-refractivity contribution >= 4 is 17.2 Å². The van der Waals surface area contributed by atoms with E-state index < -0.39 is 24.1 Å². The van der Waals surface area contributed by atoms with E-state index in [9.17, 15) is 26.3 Å². The SMILES string of the molecule is FC(F)(F)Oc1ccc(-c2cc(Cl)c3nnc(C(F)(F)F)n3n2)cc1. The topological polar surface area (TPSA) is 52.3 Å². The molecule has 0 unspecified atom stereocenters. The number of benzene rings is 1. The van der Waals surface area contributed by atoms with Gasteiger partial charge in [-0.15, -0.1) is 23.4 Å². The maximum absolute atomic E-state index is 12.9. The second-order valence-corrected chi connectivity index (χ2v) is 5.11. The first kappa shape index (κ1) is 17.3. The molecule has 132 valence electrons. The zero-order chi connectivity index (χ0) is 18.4. The summed E-state index contributed by atoms with van der Waals surface area (Å²) in [7, 11) is 0. The summed E-state index contributed by atoms with van der Waals surface area (Å²) in [4.78, 5) is 0. The van der Waals surface area contributed by atoms with E-state index in [2.05, 4.69) is 20.0 Å². The second kappa shape index (κ2) is 5.76. The molecule has 3 aromatic rings. The Labute approximate surface area is 139 Å². The van der Waals surface area contributed by atoms with E-state index in [1.54, 1.807) is 0 Å². The second-order valence-electron chi connectivity index (χ2n) is 4.71. The molecule has 0 spiro atoms. The van der Waals surface area contributed by atoms with Crippen molar-refractivity contribution in [2.24, 2.45) is 0 Å². The molecule has 0 aliphatic rings. The third-order valence-corrected chi connectivity index (χ3v) is 3.24. The summed E-state index contributed by atoms with van der Waals surface area (Å²) in [6.45, 7) is 0. The summed E-state index contributed by atoms with van der Waals surface area (Å²) in [6, 6.07) is 5.62. The van der Waals surface area contributed by atoms with Crippen molar-refractivity contribution in [3.05, 3.63) is 41.2 Å². The minimum atomic E-state index is -4.86. The fraction of sp³-hybridized carbons (Fsp3) is 0.154. The minimum absolute atomic E-state index is 0.0126. The van der Waals surface area contributed by atoms with Gasteiger partial charge in [-0.3, -0.25) is 0 Å². The number of aromatic nitrogens is 4. The summed E-state index contributed by atoms with van der Waals surface area (Å²) in [6.07, 6.45) is -9.66. The first-order valence-corrected chi connectivity index (χ1v) is 6.78. The fourth-order valence-corrected chi connectivity index (χ4v) is 2.21. The Bertz CT molecular complexity index is 919. The van der Waals surface area contributed by atoms with Crippen LogP contribution in [0, 0.1) is 0 Å². The molecule has 2 heterocycles. The smallest absolute Gasteiger partial charge is 0.406 e. The van der Waals surface area contributed by atoms with Crippen LogP contribution in [0.5, 0.6) is 5.75 Å². The summed E-state index contributed by atoms with van der Waals surface area (Å²) in [5.74, 6) is -1.85. The van der Waals surface area contributed by atoms with Crippen LogP contribution in [-0.4, -0.2) is 26.2 Å². The van der Waals surface area contributed by atoms with Gasteiger partial charge in [-0.25, -0.2) is 0 Å². The first-order chi connectivity index (χ1) is 11.5. The zero-order valence-corrected chi connectivity index (χ0v) is 12.5. The van der Waals surface area contributed by atoms with Gasteiger partial charge in [-0.1, -0.05) is 11.6 Å². The molecule has 0 fully saturated rings. The number of hydrogen-bond acceptors (Lipinski definition) is 4. The average molecular weight is 383 g/mol. The van der Waals surface area contributed by atoms with Gasteiger partial charge >= 0.3 is 12.5 Å². The Morgan fingerprint density at radius 3 is 2.16 bits per heavy atom. The summed E-state index contributed by atoms with van der Waals surface area (Å²) >= 11 is 5.89. The van der Waals surface area contributed by atoms with Crippen LogP contribution in [0.2, 0.25) is 5.02 Å². The largest absolute Gasteiger partial charge is 0.573 e. The molecule has 2 aromatic heterocycles. The number of fused-ring (bicyclic) bond motifs is 1. The minimum Gasteiger partial charge on any atom is -0.406 e. The van der Waals surface area contributed by atoms with Crippen molar-refractivity contribution in [3.8, 4) is 17.0 Å². The van der Waals surface area contributed by atoms with Crippen LogP contribution in [0.15, 0.2) is 30.3 Å². The monoisotopic (exact) mass is 382 g/mol. The standard InChI is InChI=1S/C13H5ClF6N4O/c14-8-5-9(6-1-3-7(4-2-6)25-13(18,19)20)23-24-10(8)21-22-11(24)12(15,16)17/h1-5H. The van der Waals surface area contributed by atoms with Crippen LogP contribution >= 0.6 is 11.6 Å². The molecule has 3 rings (SSSR count). The highest BCUT2D eigenvalue weighted by atomic mass is 35.5. The number of rotatable bonds is 2. The molecule has 0 N–H and O–H groups in total. The molecule has 0 saturated heterocycles. The highest BCUT2D eigenvalue weighted by molar-refractivity contribution is 6.33. The van der Waals surface area contributed by atoms with Gasteiger partial charge in [0.1, 0.15) is 5.75 Å².